The molecule has 0 atom stereocenters. The molecule has 0 spiro atoms. The summed E-state index contributed by atoms with van der Waals surface area (Å²) >= 11 is 1.64. The molecule has 13 heavy (non-hydrogen) atoms. The molecule has 0 unspecified atom stereocenters. The van der Waals surface area contributed by atoms with Crippen molar-refractivity contribution in [3.63, 3.8) is 0 Å². The third-order valence-electron chi connectivity index (χ3n) is 1.62. The van der Waals surface area contributed by atoms with Crippen LogP contribution < -0.4 is 0 Å². The average molecular weight is 195 g/mol. The first-order chi connectivity index (χ1) is 6.36. The van der Waals surface area contributed by atoms with E-state index in [4.69, 9.17) is 4.52 Å². The second kappa shape index (κ2) is 3.66. The van der Waals surface area contributed by atoms with Crippen LogP contribution in [0.5, 0.6) is 0 Å². The lowest BCUT2D eigenvalue weighted by atomic mass is 10.5. The van der Waals surface area contributed by atoms with Gasteiger partial charge >= 0.3 is 0 Å². The van der Waals surface area contributed by atoms with Gasteiger partial charge in [-0.2, -0.15) is 0 Å². The number of imidazole rings is 1. The first-order valence-electron chi connectivity index (χ1n) is 3.85. The number of nitrogens with zero attached hydrogens (tertiary/aromatic N) is 3. The lowest BCUT2D eigenvalue weighted by Crippen LogP contribution is -1.89. The van der Waals surface area contributed by atoms with Gasteiger partial charge < -0.3 is 9.09 Å². The quantitative estimate of drug-likeness (QED) is 0.699. The van der Waals surface area contributed by atoms with E-state index in [9.17, 15) is 0 Å². The molecule has 0 N–H and O–H groups in total. The van der Waals surface area contributed by atoms with Gasteiger partial charge in [0.2, 0.25) is 0 Å². The van der Waals surface area contributed by atoms with Crippen molar-refractivity contribution in [3.05, 3.63) is 30.4 Å². The molecule has 0 aromatic carbocycles. The summed E-state index contributed by atoms with van der Waals surface area (Å²) in [4.78, 5) is 4.18. The molecule has 2 rings (SSSR count). The summed E-state index contributed by atoms with van der Waals surface area (Å²) < 4.78 is 6.70. The van der Waals surface area contributed by atoms with Crippen LogP contribution in [-0.2, 0) is 12.8 Å². The molecule has 2 heterocycles. The van der Waals surface area contributed by atoms with Crippen molar-refractivity contribution in [2.45, 2.75) is 10.9 Å². The second-order valence-corrected chi connectivity index (χ2v) is 3.54. The van der Waals surface area contributed by atoms with Crippen molar-refractivity contribution in [1.29, 1.82) is 0 Å². The fourth-order valence-corrected chi connectivity index (χ4v) is 1.77. The SMILES string of the molecule is Cn1ccnc1SCc1ccon1. The topological polar surface area (TPSA) is 43.9 Å². The normalized spacial score (nSPS) is 10.5. The van der Waals surface area contributed by atoms with Gasteiger partial charge in [-0.25, -0.2) is 4.98 Å². The van der Waals surface area contributed by atoms with E-state index in [0.717, 1.165) is 16.6 Å². The summed E-state index contributed by atoms with van der Waals surface area (Å²) in [5.41, 5.74) is 0.938. The molecule has 0 radical (unpaired) electrons. The molecular formula is C8H9N3OS. The maximum absolute atomic E-state index is 4.72. The average Bonchev–Trinajstić information content (AvgIpc) is 2.72. The van der Waals surface area contributed by atoms with Crippen molar-refractivity contribution < 1.29 is 4.52 Å². The fourth-order valence-electron chi connectivity index (χ4n) is 0.941. The Kier molecular flexibility index (Phi) is 2.35. The van der Waals surface area contributed by atoms with E-state index in [-0.39, 0.29) is 0 Å². The first-order valence-corrected chi connectivity index (χ1v) is 4.84. The summed E-state index contributed by atoms with van der Waals surface area (Å²) in [5.74, 6) is 0.793. The molecular weight excluding hydrogens is 186 g/mol. The van der Waals surface area contributed by atoms with Gasteiger partial charge in [-0.05, 0) is 0 Å². The Morgan fingerprint density at radius 3 is 3.15 bits per heavy atom. The molecule has 0 saturated carbocycles. The molecule has 0 aliphatic rings. The monoisotopic (exact) mass is 195 g/mol. The largest absolute Gasteiger partial charge is 0.364 e. The fraction of sp³-hybridized carbons (Fsp3) is 0.250. The highest BCUT2D eigenvalue weighted by Gasteiger charge is 2.02. The maximum Gasteiger partial charge on any atom is 0.168 e. The summed E-state index contributed by atoms with van der Waals surface area (Å²) in [6, 6.07) is 1.86. The number of rotatable bonds is 3. The molecule has 5 heteroatoms. The Hall–Kier alpha value is -1.23. The highest BCUT2D eigenvalue weighted by molar-refractivity contribution is 7.98. The van der Waals surface area contributed by atoms with E-state index in [0.29, 0.717) is 0 Å². The molecule has 2 aromatic rings. The van der Waals surface area contributed by atoms with Crippen LogP contribution in [0.2, 0.25) is 0 Å². The lowest BCUT2D eigenvalue weighted by molar-refractivity contribution is 0.414. The van der Waals surface area contributed by atoms with E-state index < -0.39 is 0 Å². The van der Waals surface area contributed by atoms with Gasteiger partial charge in [0, 0.05) is 31.3 Å². The summed E-state index contributed by atoms with van der Waals surface area (Å²) in [6.45, 7) is 0. The van der Waals surface area contributed by atoms with Gasteiger partial charge in [-0.15, -0.1) is 0 Å². The highest BCUT2D eigenvalue weighted by atomic mass is 32.2. The predicted octanol–water partition coefficient (Wildman–Crippen LogP) is 1.70. The summed E-state index contributed by atoms with van der Waals surface area (Å²) in [6.07, 6.45) is 5.28. The lowest BCUT2D eigenvalue weighted by Gasteiger charge is -1.97. The Balaban J connectivity index is 1.97. The first kappa shape index (κ1) is 8.37. The molecule has 0 bridgehead atoms. The molecule has 0 amide bonds. The van der Waals surface area contributed by atoms with E-state index >= 15 is 0 Å². The zero-order valence-electron chi connectivity index (χ0n) is 7.17. The van der Waals surface area contributed by atoms with E-state index in [1.807, 2.05) is 23.9 Å². The number of aromatic nitrogens is 3. The van der Waals surface area contributed by atoms with E-state index in [1.165, 1.54) is 0 Å². The van der Waals surface area contributed by atoms with Crippen molar-refractivity contribution in [2.75, 3.05) is 0 Å². The standard InChI is InChI=1S/C8H9N3OS/c1-11-4-3-9-8(11)13-6-7-2-5-12-10-7/h2-5H,6H2,1H3. The number of thioether (sulfide) groups is 1. The Labute approximate surface area is 79.9 Å². The predicted molar refractivity (Wildman–Crippen MR) is 49.3 cm³/mol. The Bertz CT molecular complexity index is 368. The molecule has 0 fully saturated rings. The van der Waals surface area contributed by atoms with Crippen molar-refractivity contribution in [1.82, 2.24) is 14.7 Å². The van der Waals surface area contributed by atoms with Crippen LogP contribution >= 0.6 is 11.8 Å². The van der Waals surface area contributed by atoms with Gasteiger partial charge in [0.1, 0.15) is 6.26 Å². The number of hydrogen-bond acceptors (Lipinski definition) is 4. The van der Waals surface area contributed by atoms with Crippen LogP contribution in [0, 0.1) is 0 Å². The minimum Gasteiger partial charge on any atom is -0.364 e. The van der Waals surface area contributed by atoms with Crippen LogP contribution in [-0.4, -0.2) is 14.7 Å². The van der Waals surface area contributed by atoms with Crippen LogP contribution in [0.25, 0.3) is 0 Å². The van der Waals surface area contributed by atoms with Gasteiger partial charge in [-0.3, -0.25) is 0 Å². The molecule has 4 nitrogen and oxygen atoms in total. The van der Waals surface area contributed by atoms with Crippen LogP contribution in [0.1, 0.15) is 5.69 Å². The Morgan fingerprint density at radius 1 is 1.62 bits per heavy atom. The molecule has 0 aliphatic heterocycles. The molecule has 2 aromatic heterocycles. The third kappa shape index (κ3) is 1.92. The third-order valence-corrected chi connectivity index (χ3v) is 2.71. The highest BCUT2D eigenvalue weighted by Crippen LogP contribution is 2.18. The molecule has 68 valence electrons. The van der Waals surface area contributed by atoms with E-state index in [2.05, 4.69) is 10.1 Å². The van der Waals surface area contributed by atoms with Gasteiger partial charge in [0.05, 0.1) is 5.69 Å². The van der Waals surface area contributed by atoms with E-state index in [1.54, 1.807) is 24.2 Å². The van der Waals surface area contributed by atoms with Gasteiger partial charge in [-0.1, -0.05) is 16.9 Å². The van der Waals surface area contributed by atoms with Crippen LogP contribution in [0.15, 0.2) is 34.4 Å². The minimum absolute atomic E-state index is 0.793. The van der Waals surface area contributed by atoms with Gasteiger partial charge in [0.15, 0.2) is 5.16 Å². The smallest absolute Gasteiger partial charge is 0.168 e. The number of aryl methyl sites for hydroxylation is 1. The van der Waals surface area contributed by atoms with Crippen LogP contribution in [0.4, 0.5) is 0 Å². The van der Waals surface area contributed by atoms with Crippen molar-refractivity contribution in [3.8, 4) is 0 Å². The molecule has 0 aliphatic carbocycles. The summed E-state index contributed by atoms with van der Waals surface area (Å²) in [7, 11) is 1.97. The maximum atomic E-state index is 4.72. The second-order valence-electron chi connectivity index (χ2n) is 2.60. The number of hydrogen-bond donors (Lipinski definition) is 0. The van der Waals surface area contributed by atoms with Gasteiger partial charge in [0.25, 0.3) is 0 Å². The van der Waals surface area contributed by atoms with Crippen molar-refractivity contribution in [2.24, 2.45) is 7.05 Å². The zero-order valence-corrected chi connectivity index (χ0v) is 7.99. The minimum atomic E-state index is 0.793. The molecule has 0 saturated heterocycles. The Morgan fingerprint density at radius 2 is 2.54 bits per heavy atom. The van der Waals surface area contributed by atoms with Crippen molar-refractivity contribution >= 4 is 11.8 Å². The van der Waals surface area contributed by atoms with Crippen LogP contribution in [0.3, 0.4) is 0 Å². The summed E-state index contributed by atoms with van der Waals surface area (Å²) in [5, 5.41) is 4.80. The zero-order chi connectivity index (χ0) is 9.10.